The number of hydrogen-bond donors (Lipinski definition) is 1. The van der Waals surface area contributed by atoms with Crippen molar-refractivity contribution in [3.05, 3.63) is 95.0 Å². The Morgan fingerprint density at radius 3 is 2.73 bits per heavy atom. The molecule has 8 heteroatoms. The third-order valence-corrected chi connectivity index (χ3v) is 6.21. The Morgan fingerprint density at radius 2 is 1.94 bits per heavy atom. The van der Waals surface area contributed by atoms with Crippen molar-refractivity contribution in [3.8, 4) is 11.1 Å². The van der Waals surface area contributed by atoms with Crippen LogP contribution >= 0.6 is 11.6 Å². The molecule has 1 saturated heterocycles. The summed E-state index contributed by atoms with van der Waals surface area (Å²) in [6.07, 6.45) is 7.06. The van der Waals surface area contributed by atoms with Gasteiger partial charge in [0.25, 0.3) is 5.91 Å². The van der Waals surface area contributed by atoms with Gasteiger partial charge in [0.15, 0.2) is 0 Å². The number of halogens is 1. The van der Waals surface area contributed by atoms with Crippen LogP contribution < -0.4 is 5.73 Å². The lowest BCUT2D eigenvalue weighted by Gasteiger charge is -2.27. The van der Waals surface area contributed by atoms with Gasteiger partial charge in [-0.25, -0.2) is 9.97 Å². The molecule has 1 atom stereocenters. The van der Waals surface area contributed by atoms with Gasteiger partial charge in [-0.3, -0.25) is 9.48 Å². The Labute approximate surface area is 196 Å². The zero-order valence-corrected chi connectivity index (χ0v) is 18.7. The van der Waals surface area contributed by atoms with Crippen LogP contribution in [0, 0.1) is 0 Å². The number of nitrogen functional groups attached to an aromatic ring is 1. The third kappa shape index (κ3) is 4.32. The molecule has 2 N–H and O–H groups in total. The quantitative estimate of drug-likeness (QED) is 0.472. The SMILES string of the molecule is Nc1ncc(-c2ccc(Cl)cc2)c([C@@H]2CCCN2C(=O)c2ccccc2Cn2cccn2)n1. The van der Waals surface area contributed by atoms with Gasteiger partial charge in [-0.05, 0) is 48.2 Å². The fourth-order valence-corrected chi connectivity index (χ4v) is 4.53. The van der Waals surface area contributed by atoms with E-state index < -0.39 is 0 Å². The Bertz CT molecular complexity index is 1270. The monoisotopic (exact) mass is 458 g/mol. The highest BCUT2D eigenvalue weighted by molar-refractivity contribution is 6.30. The van der Waals surface area contributed by atoms with Crippen molar-refractivity contribution in [2.45, 2.75) is 25.4 Å². The van der Waals surface area contributed by atoms with Gasteiger partial charge in [0.2, 0.25) is 5.95 Å². The van der Waals surface area contributed by atoms with E-state index in [1.54, 1.807) is 12.4 Å². The first kappa shape index (κ1) is 21.2. The Balaban J connectivity index is 1.50. The molecule has 1 aliphatic rings. The molecule has 1 amide bonds. The number of hydrogen-bond acceptors (Lipinski definition) is 5. The number of nitrogens with two attached hydrogens (primary N) is 1. The summed E-state index contributed by atoms with van der Waals surface area (Å²) >= 11 is 6.08. The molecule has 0 radical (unpaired) electrons. The first-order valence-electron chi connectivity index (χ1n) is 10.8. The molecule has 0 aliphatic carbocycles. The molecular formula is C25H23ClN6O. The summed E-state index contributed by atoms with van der Waals surface area (Å²) in [6, 6.07) is 16.9. The summed E-state index contributed by atoms with van der Waals surface area (Å²) in [6.45, 7) is 1.19. The molecule has 0 saturated carbocycles. The molecule has 2 aromatic carbocycles. The maximum absolute atomic E-state index is 13.8. The van der Waals surface area contributed by atoms with Gasteiger partial charge in [0.05, 0.1) is 18.3 Å². The molecule has 3 heterocycles. The lowest BCUT2D eigenvalue weighted by molar-refractivity contribution is 0.0732. The molecule has 0 unspecified atom stereocenters. The Hall–Kier alpha value is -3.71. The molecule has 166 valence electrons. The number of likely N-dealkylation sites (tertiary alicyclic amines) is 1. The van der Waals surface area contributed by atoms with E-state index in [2.05, 4.69) is 15.1 Å². The maximum Gasteiger partial charge on any atom is 0.254 e. The minimum atomic E-state index is -0.189. The highest BCUT2D eigenvalue weighted by Gasteiger charge is 2.34. The number of carbonyl (C=O) groups excluding carboxylic acids is 1. The van der Waals surface area contributed by atoms with Crippen molar-refractivity contribution >= 4 is 23.5 Å². The predicted molar refractivity (Wildman–Crippen MR) is 128 cm³/mol. The second-order valence-corrected chi connectivity index (χ2v) is 8.49. The molecule has 2 aromatic heterocycles. The van der Waals surface area contributed by atoms with Gasteiger partial charge >= 0.3 is 0 Å². The molecule has 1 aliphatic heterocycles. The van der Waals surface area contributed by atoms with Crippen molar-refractivity contribution < 1.29 is 4.79 Å². The minimum absolute atomic E-state index is 0.0144. The predicted octanol–water partition coefficient (Wildman–Crippen LogP) is 4.60. The normalized spacial score (nSPS) is 15.7. The second kappa shape index (κ2) is 9.03. The average molecular weight is 459 g/mol. The molecule has 0 spiro atoms. The molecular weight excluding hydrogens is 436 g/mol. The fraction of sp³-hybridized carbons (Fsp3) is 0.200. The van der Waals surface area contributed by atoms with Crippen LogP contribution in [0.2, 0.25) is 5.02 Å². The summed E-state index contributed by atoms with van der Waals surface area (Å²) in [7, 11) is 0. The van der Waals surface area contributed by atoms with E-state index in [0.29, 0.717) is 23.7 Å². The summed E-state index contributed by atoms with van der Waals surface area (Å²) < 4.78 is 1.82. The van der Waals surface area contributed by atoms with Crippen molar-refractivity contribution in [3.63, 3.8) is 0 Å². The van der Waals surface area contributed by atoms with E-state index in [-0.39, 0.29) is 17.9 Å². The lowest BCUT2D eigenvalue weighted by Crippen LogP contribution is -2.32. The number of rotatable bonds is 5. The van der Waals surface area contributed by atoms with Gasteiger partial charge in [-0.2, -0.15) is 5.10 Å². The highest BCUT2D eigenvalue weighted by Crippen LogP contribution is 2.38. The van der Waals surface area contributed by atoms with Crippen LogP contribution in [-0.2, 0) is 6.54 Å². The zero-order valence-electron chi connectivity index (χ0n) is 17.9. The lowest BCUT2D eigenvalue weighted by atomic mass is 9.99. The smallest absolute Gasteiger partial charge is 0.254 e. The van der Waals surface area contributed by atoms with Crippen LogP contribution in [0.5, 0.6) is 0 Å². The van der Waals surface area contributed by atoms with Gasteiger partial charge < -0.3 is 10.6 Å². The number of amides is 1. The van der Waals surface area contributed by atoms with Crippen LogP contribution in [0.4, 0.5) is 5.95 Å². The zero-order chi connectivity index (χ0) is 22.8. The number of anilines is 1. The summed E-state index contributed by atoms with van der Waals surface area (Å²) in [4.78, 5) is 24.5. The van der Waals surface area contributed by atoms with E-state index in [4.69, 9.17) is 17.3 Å². The van der Waals surface area contributed by atoms with Crippen LogP contribution in [0.1, 0.15) is 40.5 Å². The topological polar surface area (TPSA) is 89.9 Å². The molecule has 4 aromatic rings. The van der Waals surface area contributed by atoms with Gasteiger partial charge in [-0.1, -0.05) is 41.9 Å². The molecule has 1 fully saturated rings. The van der Waals surface area contributed by atoms with E-state index in [1.165, 1.54) is 0 Å². The summed E-state index contributed by atoms with van der Waals surface area (Å²) in [5.41, 5.74) is 10.1. The van der Waals surface area contributed by atoms with E-state index in [1.807, 2.05) is 70.4 Å². The summed E-state index contributed by atoms with van der Waals surface area (Å²) in [5, 5.41) is 4.94. The van der Waals surface area contributed by atoms with Crippen LogP contribution in [0.15, 0.2) is 73.2 Å². The molecule has 7 nitrogen and oxygen atoms in total. The molecule has 5 rings (SSSR count). The highest BCUT2D eigenvalue weighted by atomic mass is 35.5. The first-order valence-corrected chi connectivity index (χ1v) is 11.2. The summed E-state index contributed by atoms with van der Waals surface area (Å²) in [5.74, 6) is 0.181. The third-order valence-electron chi connectivity index (χ3n) is 5.96. The standard InChI is InChI=1S/C25H23ClN6O/c26-19-10-8-17(9-11-19)21-15-28-25(27)30-23(21)22-7-3-14-32(22)24(33)20-6-2-1-5-18(20)16-31-13-4-12-29-31/h1-2,4-6,8-13,15,22H,3,7,14,16H2,(H2,27,28,30)/t22-/m0/s1. The number of benzene rings is 2. The number of aromatic nitrogens is 4. The molecule has 0 bridgehead atoms. The maximum atomic E-state index is 13.8. The Morgan fingerprint density at radius 1 is 1.12 bits per heavy atom. The second-order valence-electron chi connectivity index (χ2n) is 8.05. The van der Waals surface area contributed by atoms with Crippen LogP contribution in [0.25, 0.3) is 11.1 Å². The van der Waals surface area contributed by atoms with E-state index in [9.17, 15) is 4.79 Å². The van der Waals surface area contributed by atoms with E-state index >= 15 is 0 Å². The van der Waals surface area contributed by atoms with Crippen LogP contribution in [0.3, 0.4) is 0 Å². The van der Waals surface area contributed by atoms with Crippen LogP contribution in [-0.4, -0.2) is 37.1 Å². The van der Waals surface area contributed by atoms with Gasteiger partial charge in [-0.15, -0.1) is 0 Å². The molecule has 33 heavy (non-hydrogen) atoms. The van der Waals surface area contributed by atoms with Crippen molar-refractivity contribution in [2.24, 2.45) is 0 Å². The number of carbonyl (C=O) groups is 1. The largest absolute Gasteiger partial charge is 0.368 e. The first-order chi connectivity index (χ1) is 16.1. The average Bonchev–Trinajstić information content (AvgIpc) is 3.52. The van der Waals surface area contributed by atoms with Gasteiger partial charge in [0.1, 0.15) is 0 Å². The van der Waals surface area contributed by atoms with Crippen molar-refractivity contribution in [1.29, 1.82) is 0 Å². The van der Waals surface area contributed by atoms with Crippen molar-refractivity contribution in [2.75, 3.05) is 12.3 Å². The number of nitrogens with zero attached hydrogens (tertiary/aromatic N) is 5. The van der Waals surface area contributed by atoms with E-state index in [0.717, 1.165) is 35.2 Å². The fourth-order valence-electron chi connectivity index (χ4n) is 4.40. The van der Waals surface area contributed by atoms with Crippen molar-refractivity contribution in [1.82, 2.24) is 24.6 Å². The minimum Gasteiger partial charge on any atom is -0.368 e. The Kier molecular flexibility index (Phi) is 5.79. The van der Waals surface area contributed by atoms with Gasteiger partial charge in [0, 0.05) is 41.3 Å².